The van der Waals surface area contributed by atoms with Crippen LogP contribution in [-0.2, 0) is 18.9 Å². The van der Waals surface area contributed by atoms with Crippen LogP contribution in [0.4, 0.5) is 0 Å². The van der Waals surface area contributed by atoms with Crippen LogP contribution < -0.4 is 0 Å². The van der Waals surface area contributed by atoms with Gasteiger partial charge < -0.3 is 29.2 Å². The number of ether oxygens (including phenoxy) is 4. The van der Waals surface area contributed by atoms with Crippen LogP contribution in [0.25, 0.3) is 0 Å². The molecule has 0 amide bonds. The summed E-state index contributed by atoms with van der Waals surface area (Å²) in [7, 11) is 0. The van der Waals surface area contributed by atoms with E-state index < -0.39 is 60.5 Å². The van der Waals surface area contributed by atoms with Crippen LogP contribution in [0.5, 0.6) is 0 Å². The summed E-state index contributed by atoms with van der Waals surface area (Å²) in [6, 6.07) is 22.1. The summed E-state index contributed by atoms with van der Waals surface area (Å²) in [5.41, 5.74) is -0.0368. The monoisotopic (exact) mass is 732 g/mol. The van der Waals surface area contributed by atoms with E-state index in [1.54, 1.807) is 0 Å². The maximum absolute atomic E-state index is 13.4. The van der Waals surface area contributed by atoms with Gasteiger partial charge in [0.05, 0.1) is 22.3 Å². The van der Waals surface area contributed by atoms with Crippen molar-refractivity contribution < 1.29 is 48.3 Å². The number of rotatable bonds is 8. The van der Waals surface area contributed by atoms with Crippen LogP contribution in [0, 0.1) is 0 Å². The molecule has 6 atom stereocenters. The molecule has 4 aromatic carbocycles. The van der Waals surface area contributed by atoms with Gasteiger partial charge >= 0.3 is 23.9 Å². The van der Waals surface area contributed by atoms with Gasteiger partial charge in [-0.15, -0.1) is 0 Å². The van der Waals surface area contributed by atoms with E-state index in [-0.39, 0.29) is 22.3 Å². The van der Waals surface area contributed by atoms with E-state index in [1.807, 2.05) is 0 Å². The van der Waals surface area contributed by atoms with Gasteiger partial charge in [-0.25, -0.2) is 19.2 Å². The van der Waals surface area contributed by atoms with Crippen molar-refractivity contribution in [2.45, 2.75) is 36.6 Å². The minimum atomic E-state index is -2.03. The Bertz CT molecular complexity index is 1650. The Balaban J connectivity index is 1.56. The summed E-state index contributed by atoms with van der Waals surface area (Å²) in [5, 5.41) is 24.0. The van der Waals surface area contributed by atoms with E-state index in [0.29, 0.717) is 20.1 Å². The number of aliphatic hydroxyl groups is 2. The maximum atomic E-state index is 13.4. The van der Waals surface area contributed by atoms with Gasteiger partial charge in [0.25, 0.3) is 0 Å². The molecule has 10 nitrogen and oxygen atoms in total. The van der Waals surface area contributed by atoms with E-state index in [2.05, 4.69) is 0 Å². The average Bonchev–Trinajstić information content (AvgIpc) is 3.07. The molecule has 1 aliphatic carbocycles. The lowest BCUT2D eigenvalue weighted by Crippen LogP contribution is -2.67. The van der Waals surface area contributed by atoms with Gasteiger partial charge in [-0.2, -0.15) is 0 Å². The molecule has 0 radical (unpaired) electrons. The van der Waals surface area contributed by atoms with Gasteiger partial charge in [-0.3, -0.25) is 0 Å². The largest absolute Gasteiger partial charge is 0.452 e. The predicted molar refractivity (Wildman–Crippen MR) is 175 cm³/mol. The highest BCUT2D eigenvalue weighted by Crippen LogP contribution is 2.33. The third-order valence-corrected chi connectivity index (χ3v) is 8.29. The highest BCUT2D eigenvalue weighted by Gasteiger charge is 2.57. The summed E-state index contributed by atoms with van der Waals surface area (Å²) in [6.07, 6.45) is -11.5. The van der Waals surface area contributed by atoms with E-state index in [1.165, 1.54) is 97.1 Å². The van der Waals surface area contributed by atoms with Crippen LogP contribution in [0.1, 0.15) is 41.4 Å². The van der Waals surface area contributed by atoms with Crippen LogP contribution in [0.3, 0.4) is 0 Å². The van der Waals surface area contributed by atoms with E-state index in [4.69, 9.17) is 65.4 Å². The van der Waals surface area contributed by atoms with Gasteiger partial charge in [0, 0.05) is 20.1 Å². The van der Waals surface area contributed by atoms with Gasteiger partial charge in [-0.05, 0) is 97.1 Å². The van der Waals surface area contributed by atoms with Crippen LogP contribution in [-0.4, -0.2) is 70.7 Å². The number of halogens is 4. The average molecular weight is 734 g/mol. The van der Waals surface area contributed by atoms with Crippen LogP contribution in [0.2, 0.25) is 20.1 Å². The molecule has 0 unspecified atom stereocenters. The topological polar surface area (TPSA) is 146 Å². The minimum Gasteiger partial charge on any atom is -0.452 e. The molecule has 0 spiro atoms. The number of hydrogen-bond acceptors (Lipinski definition) is 10. The first-order valence-electron chi connectivity index (χ1n) is 14.1. The fraction of sp³-hybridized carbons (Fsp3) is 0.176. The van der Waals surface area contributed by atoms with E-state index in [0.717, 1.165) is 0 Å². The van der Waals surface area contributed by atoms with Crippen molar-refractivity contribution in [1.82, 2.24) is 0 Å². The molecule has 14 heteroatoms. The Labute approximate surface area is 293 Å². The molecule has 0 heterocycles. The van der Waals surface area contributed by atoms with Crippen molar-refractivity contribution in [2.24, 2.45) is 0 Å². The van der Waals surface area contributed by atoms with Gasteiger partial charge in [0.15, 0.2) is 24.4 Å². The summed E-state index contributed by atoms with van der Waals surface area (Å²) in [5.74, 6) is -4.03. The van der Waals surface area contributed by atoms with Crippen molar-refractivity contribution in [3.8, 4) is 0 Å². The summed E-state index contributed by atoms with van der Waals surface area (Å²) in [4.78, 5) is 53.3. The molecule has 1 fully saturated rings. The Morgan fingerprint density at radius 2 is 0.562 bits per heavy atom. The van der Waals surface area contributed by atoms with Crippen LogP contribution in [0.15, 0.2) is 97.1 Å². The van der Waals surface area contributed by atoms with Crippen molar-refractivity contribution in [3.63, 3.8) is 0 Å². The zero-order chi connectivity index (χ0) is 34.5. The molecule has 2 N–H and O–H groups in total. The third-order valence-electron chi connectivity index (χ3n) is 7.29. The lowest BCUT2D eigenvalue weighted by Gasteiger charge is -2.45. The second kappa shape index (κ2) is 15.4. The van der Waals surface area contributed by atoms with E-state index >= 15 is 0 Å². The van der Waals surface area contributed by atoms with Crippen molar-refractivity contribution in [3.05, 3.63) is 139 Å². The number of esters is 4. The first-order valence-corrected chi connectivity index (χ1v) is 15.6. The third kappa shape index (κ3) is 8.27. The molecule has 0 bridgehead atoms. The smallest absolute Gasteiger partial charge is 0.338 e. The van der Waals surface area contributed by atoms with Gasteiger partial charge in [0.2, 0.25) is 0 Å². The highest BCUT2D eigenvalue weighted by atomic mass is 35.5. The lowest BCUT2D eigenvalue weighted by molar-refractivity contribution is -0.223. The van der Waals surface area contributed by atoms with Crippen molar-refractivity contribution in [2.75, 3.05) is 0 Å². The molecule has 1 saturated carbocycles. The first kappa shape index (κ1) is 35.2. The Morgan fingerprint density at radius 1 is 0.375 bits per heavy atom. The number of hydrogen-bond donors (Lipinski definition) is 2. The first-order chi connectivity index (χ1) is 22.9. The summed E-state index contributed by atoms with van der Waals surface area (Å²) >= 11 is 23.8. The highest BCUT2D eigenvalue weighted by molar-refractivity contribution is 6.31. The summed E-state index contributed by atoms with van der Waals surface area (Å²) in [6.45, 7) is 0. The molecule has 48 heavy (non-hydrogen) atoms. The van der Waals surface area contributed by atoms with Gasteiger partial charge in [0.1, 0.15) is 12.2 Å². The molecule has 5 rings (SSSR count). The SMILES string of the molecule is O=C(O[C@@H]1[C@H](OC(=O)c2ccc(Cl)cc2)[C@@H](OC(=O)c2ccc(Cl)cc2)[C@H](O)[C@H](O)[C@H]1OC(=O)c1ccc(Cl)cc1)c1ccc(Cl)cc1. The molecule has 1 aliphatic rings. The molecular weight excluding hydrogens is 710 g/mol. The normalized spacial score (nSPS) is 21.9. The quantitative estimate of drug-likeness (QED) is 0.158. The number of carbonyl (C=O) groups excluding carboxylic acids is 4. The van der Waals surface area contributed by atoms with Crippen molar-refractivity contribution >= 4 is 70.3 Å². The summed E-state index contributed by atoms with van der Waals surface area (Å²) < 4.78 is 22.7. The zero-order valence-corrected chi connectivity index (χ0v) is 27.4. The Morgan fingerprint density at radius 3 is 0.771 bits per heavy atom. The standard InChI is InChI=1S/C34H24Cl4O10/c35-21-9-1-17(2-10-21)31(41)45-27-25(39)26(40)28(46-32(42)18-3-11-22(36)12-4-18)30(48-34(44)20-7-15-24(38)16-8-20)29(27)47-33(43)19-5-13-23(37)14-6-19/h1-16,25-30,39-40H/t25-,26+,27+,28-,29-,30+. The Kier molecular flexibility index (Phi) is 11.3. The molecule has 248 valence electrons. The molecular formula is C34H24Cl4O10. The van der Waals surface area contributed by atoms with E-state index in [9.17, 15) is 29.4 Å². The second-order valence-corrected chi connectivity index (χ2v) is 12.2. The lowest BCUT2D eigenvalue weighted by atomic mass is 9.84. The predicted octanol–water partition coefficient (Wildman–Crippen LogP) is 6.24. The van der Waals surface area contributed by atoms with Gasteiger partial charge in [-0.1, -0.05) is 46.4 Å². The zero-order valence-electron chi connectivity index (χ0n) is 24.4. The number of aliphatic hydroxyl groups excluding tert-OH is 2. The number of carbonyl (C=O) groups is 4. The fourth-order valence-corrected chi connectivity index (χ4v) is 5.31. The molecule has 4 aromatic rings. The minimum absolute atomic E-state index is 0.00475. The van der Waals surface area contributed by atoms with Crippen molar-refractivity contribution in [1.29, 1.82) is 0 Å². The molecule has 0 aromatic heterocycles. The molecule has 0 saturated heterocycles. The second-order valence-electron chi connectivity index (χ2n) is 10.5. The molecule has 0 aliphatic heterocycles. The fourth-order valence-electron chi connectivity index (χ4n) is 4.80. The Hall–Kier alpha value is -4.16. The van der Waals surface area contributed by atoms with Crippen LogP contribution >= 0.6 is 46.4 Å². The number of benzene rings is 4. The maximum Gasteiger partial charge on any atom is 0.338 e.